The number of ketones is 1. The number of hydrogen-bond acceptors (Lipinski definition) is 2. The van der Waals surface area contributed by atoms with E-state index in [1.807, 2.05) is 0 Å². The van der Waals surface area contributed by atoms with Gasteiger partial charge in [-0.1, -0.05) is 5.92 Å². The maximum absolute atomic E-state index is 10.6. The third kappa shape index (κ3) is 4.85. The van der Waals surface area contributed by atoms with Crippen LogP contribution >= 0.6 is 0 Å². The summed E-state index contributed by atoms with van der Waals surface area (Å²) in [5.74, 6) is 1.61. The summed E-state index contributed by atoms with van der Waals surface area (Å²) in [5, 5.41) is 0. The van der Waals surface area contributed by atoms with Gasteiger partial charge in [0, 0.05) is 12.8 Å². The lowest BCUT2D eigenvalue weighted by molar-refractivity contribution is -0.123. The number of primary amides is 1. The van der Waals surface area contributed by atoms with E-state index in [1.165, 1.54) is 0 Å². The normalized spacial score (nSPS) is 8.30. The second-order valence-corrected chi connectivity index (χ2v) is 1.89. The molecule has 0 aromatic heterocycles. The molecule has 0 aliphatic heterocycles. The molecule has 0 unspecified atom stereocenters. The van der Waals surface area contributed by atoms with Crippen LogP contribution in [0.5, 0.6) is 0 Å². The van der Waals surface area contributed by atoms with Gasteiger partial charge in [-0.3, -0.25) is 9.59 Å². The molecule has 0 heterocycles. The Morgan fingerprint density at radius 1 is 1.40 bits per heavy atom. The third-order valence-electron chi connectivity index (χ3n) is 0.949. The highest BCUT2D eigenvalue weighted by Crippen LogP contribution is 1.92. The molecule has 0 aromatic rings. The van der Waals surface area contributed by atoms with Gasteiger partial charge in [-0.15, -0.1) is 6.42 Å². The minimum absolute atomic E-state index is 0.0906. The number of carbonyl (C=O) groups excluding carboxylic acids is 2. The van der Waals surface area contributed by atoms with E-state index in [1.54, 1.807) is 0 Å². The van der Waals surface area contributed by atoms with Gasteiger partial charge >= 0.3 is 0 Å². The summed E-state index contributed by atoms with van der Waals surface area (Å²) in [4.78, 5) is 20.7. The van der Waals surface area contributed by atoms with Crippen LogP contribution in [0.15, 0.2) is 0 Å². The lowest BCUT2D eigenvalue weighted by Crippen LogP contribution is -2.12. The van der Waals surface area contributed by atoms with Gasteiger partial charge < -0.3 is 5.73 Å². The second-order valence-electron chi connectivity index (χ2n) is 1.89. The van der Waals surface area contributed by atoms with Crippen LogP contribution in [0.1, 0.15) is 19.3 Å². The van der Waals surface area contributed by atoms with Crippen molar-refractivity contribution >= 4 is 11.7 Å². The predicted octanol–water partition coefficient (Wildman–Crippen LogP) is -0.156. The Morgan fingerprint density at radius 3 is 2.40 bits per heavy atom. The Bertz CT molecular complexity index is 179. The molecule has 0 aliphatic rings. The zero-order chi connectivity index (χ0) is 7.98. The first-order chi connectivity index (χ1) is 4.66. The van der Waals surface area contributed by atoms with Crippen molar-refractivity contribution in [3.63, 3.8) is 0 Å². The van der Waals surface area contributed by atoms with Gasteiger partial charge in [0.25, 0.3) is 0 Å². The Kier molecular flexibility index (Phi) is 3.97. The molecule has 2 N–H and O–H groups in total. The molecule has 3 nitrogen and oxygen atoms in total. The molecule has 0 spiro atoms. The molecule has 0 aliphatic carbocycles. The average molecular weight is 139 g/mol. The van der Waals surface area contributed by atoms with Crippen LogP contribution < -0.4 is 5.73 Å². The predicted molar refractivity (Wildman–Crippen MR) is 36.9 cm³/mol. The number of carbonyl (C=O) groups is 2. The van der Waals surface area contributed by atoms with Crippen LogP contribution in [-0.4, -0.2) is 11.7 Å². The number of amides is 1. The van der Waals surface area contributed by atoms with Crippen LogP contribution in [0, 0.1) is 12.3 Å². The lowest BCUT2D eigenvalue weighted by Gasteiger charge is -1.91. The maximum Gasteiger partial charge on any atom is 0.217 e. The van der Waals surface area contributed by atoms with E-state index in [0.717, 1.165) is 0 Å². The van der Waals surface area contributed by atoms with Crippen molar-refractivity contribution in [2.24, 2.45) is 5.73 Å². The van der Waals surface area contributed by atoms with Gasteiger partial charge in [0.2, 0.25) is 5.91 Å². The standard InChI is InChI=1S/C7H9NO2/c1-2-3-6(9)4-5-7(8)10/h1H,3-5H2,(H2,8,10). The van der Waals surface area contributed by atoms with Gasteiger partial charge in [-0.25, -0.2) is 0 Å². The van der Waals surface area contributed by atoms with E-state index in [9.17, 15) is 9.59 Å². The Labute approximate surface area is 59.6 Å². The number of hydrogen-bond donors (Lipinski definition) is 1. The molecule has 0 radical (unpaired) electrons. The van der Waals surface area contributed by atoms with Gasteiger partial charge in [0.1, 0.15) is 5.78 Å². The van der Waals surface area contributed by atoms with Crippen molar-refractivity contribution < 1.29 is 9.59 Å². The number of rotatable bonds is 4. The van der Waals surface area contributed by atoms with E-state index >= 15 is 0 Å². The fourth-order valence-corrected chi connectivity index (χ4v) is 0.465. The number of terminal acetylenes is 1. The SMILES string of the molecule is C#CCC(=O)CCC(N)=O. The van der Waals surface area contributed by atoms with Gasteiger partial charge in [-0.05, 0) is 0 Å². The first kappa shape index (κ1) is 8.70. The van der Waals surface area contributed by atoms with Crippen molar-refractivity contribution in [1.29, 1.82) is 0 Å². The van der Waals surface area contributed by atoms with Crippen LogP contribution in [0.25, 0.3) is 0 Å². The summed E-state index contributed by atoms with van der Waals surface area (Å²) >= 11 is 0. The molecule has 3 heteroatoms. The van der Waals surface area contributed by atoms with Crippen molar-refractivity contribution in [3.05, 3.63) is 0 Å². The Balaban J connectivity index is 3.42. The fourth-order valence-electron chi connectivity index (χ4n) is 0.465. The highest BCUT2D eigenvalue weighted by Gasteiger charge is 2.01. The van der Waals surface area contributed by atoms with Crippen molar-refractivity contribution in [3.8, 4) is 12.3 Å². The molecule has 0 rings (SSSR count). The van der Waals surface area contributed by atoms with Crippen LogP contribution in [0.3, 0.4) is 0 Å². The lowest BCUT2D eigenvalue weighted by atomic mass is 10.2. The molecule has 10 heavy (non-hydrogen) atoms. The second kappa shape index (κ2) is 4.57. The summed E-state index contributed by atoms with van der Waals surface area (Å²) in [6.07, 6.45) is 5.20. The summed E-state index contributed by atoms with van der Waals surface area (Å²) < 4.78 is 0. The topological polar surface area (TPSA) is 60.2 Å². The molecule has 0 bridgehead atoms. The van der Waals surface area contributed by atoms with Crippen molar-refractivity contribution in [1.82, 2.24) is 0 Å². The van der Waals surface area contributed by atoms with E-state index < -0.39 is 5.91 Å². The fraction of sp³-hybridized carbons (Fsp3) is 0.429. The largest absolute Gasteiger partial charge is 0.370 e. The van der Waals surface area contributed by atoms with E-state index in [2.05, 4.69) is 5.92 Å². The number of Topliss-reactive ketones (excluding diaryl/α,β-unsaturated/α-hetero) is 1. The van der Waals surface area contributed by atoms with Crippen molar-refractivity contribution in [2.45, 2.75) is 19.3 Å². The van der Waals surface area contributed by atoms with E-state index in [-0.39, 0.29) is 25.0 Å². The summed E-state index contributed by atoms with van der Waals surface area (Å²) in [6.45, 7) is 0. The zero-order valence-electron chi connectivity index (χ0n) is 5.59. The third-order valence-corrected chi connectivity index (χ3v) is 0.949. The molecule has 54 valence electrons. The van der Waals surface area contributed by atoms with Gasteiger partial charge in [0.05, 0.1) is 6.42 Å². The summed E-state index contributed by atoms with van der Waals surface area (Å²) in [6, 6.07) is 0. The van der Waals surface area contributed by atoms with Crippen LogP contribution in [0.2, 0.25) is 0 Å². The Morgan fingerprint density at radius 2 is 2.00 bits per heavy atom. The Hall–Kier alpha value is -1.30. The van der Waals surface area contributed by atoms with Gasteiger partial charge in [-0.2, -0.15) is 0 Å². The summed E-state index contributed by atoms with van der Waals surface area (Å²) in [7, 11) is 0. The zero-order valence-corrected chi connectivity index (χ0v) is 5.59. The number of nitrogens with two attached hydrogens (primary N) is 1. The van der Waals surface area contributed by atoms with Crippen LogP contribution in [-0.2, 0) is 9.59 Å². The molecular weight excluding hydrogens is 130 g/mol. The average Bonchev–Trinajstić information content (AvgIpc) is 1.85. The molecule has 1 amide bonds. The first-order valence-electron chi connectivity index (χ1n) is 2.90. The smallest absolute Gasteiger partial charge is 0.217 e. The molecule has 0 saturated carbocycles. The van der Waals surface area contributed by atoms with Gasteiger partial charge in [0.15, 0.2) is 0 Å². The first-order valence-corrected chi connectivity index (χ1v) is 2.90. The molecule has 0 aromatic carbocycles. The van der Waals surface area contributed by atoms with Crippen LogP contribution in [0.4, 0.5) is 0 Å². The highest BCUT2D eigenvalue weighted by molar-refractivity contribution is 5.85. The minimum atomic E-state index is -0.467. The molecule has 0 fully saturated rings. The molecular formula is C7H9NO2. The monoisotopic (exact) mass is 139 g/mol. The molecule has 0 saturated heterocycles. The van der Waals surface area contributed by atoms with Crippen molar-refractivity contribution in [2.75, 3.05) is 0 Å². The molecule has 0 atom stereocenters. The van der Waals surface area contributed by atoms with E-state index in [0.29, 0.717) is 0 Å². The maximum atomic E-state index is 10.6. The van der Waals surface area contributed by atoms with E-state index in [4.69, 9.17) is 12.2 Å². The quantitative estimate of drug-likeness (QED) is 0.550. The minimum Gasteiger partial charge on any atom is -0.370 e. The summed E-state index contributed by atoms with van der Waals surface area (Å²) in [5.41, 5.74) is 4.79. The highest BCUT2D eigenvalue weighted by atomic mass is 16.1.